The van der Waals surface area contributed by atoms with Gasteiger partial charge in [0, 0.05) is 0 Å². The molecule has 152 valence electrons. The Hall–Kier alpha value is -2.52. The van der Waals surface area contributed by atoms with E-state index in [2.05, 4.69) is 128 Å². The predicted molar refractivity (Wildman–Crippen MR) is 142 cm³/mol. The maximum absolute atomic E-state index is 4.66. The Bertz CT molecular complexity index is 981. The summed E-state index contributed by atoms with van der Waals surface area (Å²) >= 11 is 0. The van der Waals surface area contributed by atoms with E-state index in [1.54, 1.807) is 0 Å². The average molecular weight is 438 g/mol. The molecule has 4 aromatic rings. The van der Waals surface area contributed by atoms with Crippen molar-refractivity contribution in [3.8, 4) is 0 Å². The van der Waals surface area contributed by atoms with Crippen LogP contribution in [0.5, 0.6) is 0 Å². The summed E-state index contributed by atoms with van der Waals surface area (Å²) < 4.78 is 0. The van der Waals surface area contributed by atoms with Crippen LogP contribution in [-0.4, -0.2) is 18.2 Å². The van der Waals surface area contributed by atoms with Crippen molar-refractivity contribution in [3.05, 3.63) is 133 Å². The molecule has 1 fully saturated rings. The molecule has 0 N–H and O–H groups in total. The summed E-state index contributed by atoms with van der Waals surface area (Å²) in [6.45, 7) is 4.66. The SMILES string of the molecule is C=C1C[P+](c2ccccc2)(c2ccccc2)C[P+](c2ccccc2)(c2ccccc2)C1. The Morgan fingerprint density at radius 1 is 0.419 bits per heavy atom. The van der Waals surface area contributed by atoms with E-state index in [0.29, 0.717) is 0 Å². The van der Waals surface area contributed by atoms with Crippen molar-refractivity contribution in [3.63, 3.8) is 0 Å². The summed E-state index contributed by atoms with van der Waals surface area (Å²) in [5, 5.41) is 6.05. The normalized spacial score (nSPS) is 17.2. The van der Waals surface area contributed by atoms with Crippen LogP contribution in [0.25, 0.3) is 0 Å². The van der Waals surface area contributed by atoms with Crippen molar-refractivity contribution < 1.29 is 0 Å². The van der Waals surface area contributed by atoms with Crippen LogP contribution in [-0.2, 0) is 0 Å². The number of allylic oxidation sites excluding steroid dienone is 1. The molecule has 1 aliphatic heterocycles. The van der Waals surface area contributed by atoms with Gasteiger partial charge in [-0.3, -0.25) is 0 Å². The van der Waals surface area contributed by atoms with Crippen molar-refractivity contribution in [1.29, 1.82) is 0 Å². The van der Waals surface area contributed by atoms with Gasteiger partial charge in [0.05, 0.1) is 12.3 Å². The Labute approximate surface area is 187 Å². The lowest BCUT2D eigenvalue weighted by atomic mass is 10.4. The smallest absolute Gasteiger partial charge is 0.0926 e. The fraction of sp³-hybridized carbons (Fsp3) is 0.103. The van der Waals surface area contributed by atoms with Crippen LogP contribution in [0.4, 0.5) is 0 Å². The number of hydrogen-bond acceptors (Lipinski definition) is 0. The standard InChI is InChI=1S/C29H28P2/c1-25-22-30(26-14-6-2-7-15-26,27-16-8-3-9-17-27)24-31(23-25,28-18-10-4-11-19-28)29-20-12-5-13-21-29/h2-21H,1,22-24H2/q+2. The summed E-state index contributed by atoms with van der Waals surface area (Å²) in [5.41, 5.74) is 1.41. The molecule has 1 aliphatic rings. The average Bonchev–Trinajstić information content (AvgIpc) is 2.86. The van der Waals surface area contributed by atoms with E-state index in [-0.39, 0.29) is 0 Å². The summed E-state index contributed by atoms with van der Waals surface area (Å²) in [6.07, 6.45) is 2.23. The van der Waals surface area contributed by atoms with Gasteiger partial charge >= 0.3 is 0 Å². The fourth-order valence-electron chi connectivity index (χ4n) is 5.17. The second kappa shape index (κ2) is 8.55. The minimum absolute atomic E-state index is 1.11. The Morgan fingerprint density at radius 3 is 0.935 bits per heavy atom. The third-order valence-electron chi connectivity index (χ3n) is 6.47. The van der Waals surface area contributed by atoms with E-state index in [1.165, 1.54) is 32.7 Å². The lowest BCUT2D eigenvalue weighted by molar-refractivity contribution is 1.37. The quantitative estimate of drug-likeness (QED) is 0.277. The van der Waals surface area contributed by atoms with Crippen LogP contribution >= 0.6 is 14.5 Å². The van der Waals surface area contributed by atoms with Crippen molar-refractivity contribution in [2.75, 3.05) is 18.2 Å². The van der Waals surface area contributed by atoms with Crippen molar-refractivity contribution in [2.45, 2.75) is 0 Å². The van der Waals surface area contributed by atoms with Gasteiger partial charge in [-0.25, -0.2) is 0 Å². The molecule has 0 bridgehead atoms. The molecule has 0 spiro atoms. The Balaban J connectivity index is 1.79. The second-order valence-electron chi connectivity index (χ2n) is 8.49. The lowest BCUT2D eigenvalue weighted by Crippen LogP contribution is -2.39. The topological polar surface area (TPSA) is 0 Å². The first-order valence-corrected chi connectivity index (χ1v) is 15.2. The van der Waals surface area contributed by atoms with Crippen LogP contribution in [0.2, 0.25) is 0 Å². The molecule has 0 amide bonds. The highest BCUT2D eigenvalue weighted by Gasteiger charge is 2.61. The molecule has 0 aromatic heterocycles. The van der Waals surface area contributed by atoms with E-state index < -0.39 is 14.5 Å². The van der Waals surface area contributed by atoms with E-state index in [1.807, 2.05) is 0 Å². The van der Waals surface area contributed by atoms with Gasteiger partial charge in [0.1, 0.15) is 35.7 Å². The summed E-state index contributed by atoms with van der Waals surface area (Å²) in [6, 6.07) is 45.2. The molecule has 0 unspecified atom stereocenters. The Morgan fingerprint density at radius 2 is 0.677 bits per heavy atom. The van der Waals surface area contributed by atoms with Crippen molar-refractivity contribution in [1.82, 2.24) is 0 Å². The molecular weight excluding hydrogens is 410 g/mol. The zero-order chi connectivity index (χ0) is 21.2. The molecule has 0 saturated carbocycles. The van der Waals surface area contributed by atoms with Gasteiger partial charge in [0.15, 0.2) is 5.90 Å². The molecule has 0 radical (unpaired) electrons. The van der Waals surface area contributed by atoms with Gasteiger partial charge in [-0.05, 0) is 54.1 Å². The monoisotopic (exact) mass is 438 g/mol. The van der Waals surface area contributed by atoms with Crippen molar-refractivity contribution in [2.24, 2.45) is 0 Å². The van der Waals surface area contributed by atoms with Gasteiger partial charge in [0.25, 0.3) is 0 Å². The highest BCUT2D eigenvalue weighted by Crippen LogP contribution is 2.76. The van der Waals surface area contributed by atoms with Gasteiger partial charge in [-0.15, -0.1) is 0 Å². The van der Waals surface area contributed by atoms with Gasteiger partial charge in [-0.2, -0.15) is 0 Å². The van der Waals surface area contributed by atoms with Crippen LogP contribution in [0, 0.1) is 0 Å². The third kappa shape index (κ3) is 3.70. The summed E-state index contributed by atoms with van der Waals surface area (Å²) in [4.78, 5) is 0. The maximum Gasteiger partial charge on any atom is 0.179 e. The van der Waals surface area contributed by atoms with Gasteiger partial charge in [-0.1, -0.05) is 79.4 Å². The highest BCUT2D eigenvalue weighted by atomic mass is 31.2. The Kier molecular flexibility index (Phi) is 5.62. The first-order chi connectivity index (χ1) is 15.2. The molecule has 1 saturated heterocycles. The van der Waals surface area contributed by atoms with Gasteiger partial charge in [0.2, 0.25) is 0 Å². The largest absolute Gasteiger partial charge is 0.179 e. The molecule has 2 heteroatoms. The number of rotatable bonds is 4. The third-order valence-corrected chi connectivity index (χ3v) is 17.5. The first kappa shape index (κ1) is 20.4. The van der Waals surface area contributed by atoms with Crippen LogP contribution < -0.4 is 21.2 Å². The summed E-state index contributed by atoms with van der Waals surface area (Å²) in [5.74, 6) is 1.24. The number of benzene rings is 4. The number of hydrogen-bond donors (Lipinski definition) is 0. The first-order valence-electron chi connectivity index (χ1n) is 10.9. The maximum atomic E-state index is 4.66. The van der Waals surface area contributed by atoms with E-state index in [4.69, 9.17) is 0 Å². The van der Waals surface area contributed by atoms with Crippen LogP contribution in [0.3, 0.4) is 0 Å². The molecule has 31 heavy (non-hydrogen) atoms. The minimum atomic E-state index is -1.65. The molecule has 0 atom stereocenters. The molecule has 5 rings (SSSR count). The predicted octanol–water partition coefficient (Wildman–Crippen LogP) is 5.85. The van der Waals surface area contributed by atoms with E-state index in [0.717, 1.165) is 12.3 Å². The molecule has 1 heterocycles. The minimum Gasteiger partial charge on any atom is -0.0926 e. The second-order valence-corrected chi connectivity index (χ2v) is 16.2. The fourth-order valence-corrected chi connectivity index (χ4v) is 18.1. The molecular formula is C29H28P2+2. The zero-order valence-corrected chi connectivity index (χ0v) is 19.6. The van der Waals surface area contributed by atoms with Gasteiger partial charge < -0.3 is 0 Å². The zero-order valence-electron chi connectivity index (χ0n) is 17.8. The van der Waals surface area contributed by atoms with Crippen LogP contribution in [0.15, 0.2) is 133 Å². The summed E-state index contributed by atoms with van der Waals surface area (Å²) in [7, 11) is -3.31. The van der Waals surface area contributed by atoms with E-state index in [9.17, 15) is 0 Å². The molecule has 0 aliphatic carbocycles. The lowest BCUT2D eigenvalue weighted by Gasteiger charge is -2.39. The van der Waals surface area contributed by atoms with E-state index >= 15 is 0 Å². The molecule has 4 aromatic carbocycles. The molecule has 0 nitrogen and oxygen atoms in total. The van der Waals surface area contributed by atoms with Crippen molar-refractivity contribution >= 4 is 35.7 Å². The highest BCUT2D eigenvalue weighted by molar-refractivity contribution is 8.05. The van der Waals surface area contributed by atoms with Crippen LogP contribution in [0.1, 0.15) is 0 Å².